The molecule has 0 bridgehead atoms. The summed E-state index contributed by atoms with van der Waals surface area (Å²) < 4.78 is 39.5. The van der Waals surface area contributed by atoms with E-state index in [0.717, 1.165) is 23.3 Å². The van der Waals surface area contributed by atoms with Gasteiger partial charge in [-0.15, -0.1) is 0 Å². The third-order valence-corrected chi connectivity index (χ3v) is 5.58. The van der Waals surface area contributed by atoms with E-state index in [0.29, 0.717) is 25.2 Å². The van der Waals surface area contributed by atoms with Gasteiger partial charge in [-0.3, -0.25) is 0 Å². The summed E-state index contributed by atoms with van der Waals surface area (Å²) in [5.74, 6) is -0.453. The van der Waals surface area contributed by atoms with Crippen molar-refractivity contribution < 1.29 is 12.8 Å². The number of hydrogen-bond acceptors (Lipinski definition) is 3. The first-order valence-electron chi connectivity index (χ1n) is 6.60. The van der Waals surface area contributed by atoms with Crippen molar-refractivity contribution in [3.8, 4) is 0 Å². The molecule has 0 radical (unpaired) electrons. The number of nitrogen functional groups attached to an aromatic ring is 1. The smallest absolute Gasteiger partial charge is 0.243 e. The Labute approximate surface area is 123 Å². The monoisotopic (exact) mass is 306 g/mol. The van der Waals surface area contributed by atoms with E-state index in [1.54, 1.807) is 0 Å². The van der Waals surface area contributed by atoms with Gasteiger partial charge in [0.1, 0.15) is 5.82 Å². The second kappa shape index (κ2) is 5.13. The summed E-state index contributed by atoms with van der Waals surface area (Å²) in [6.45, 7) is 0.668. The lowest BCUT2D eigenvalue weighted by molar-refractivity contribution is 0.391. The topological polar surface area (TPSA) is 63.4 Å². The maximum absolute atomic E-state index is 12.9. The summed E-state index contributed by atoms with van der Waals surface area (Å²) in [6, 6.07) is 10.4. The van der Waals surface area contributed by atoms with Gasteiger partial charge >= 0.3 is 0 Å². The molecule has 0 atom stereocenters. The number of nitrogens with two attached hydrogens (primary N) is 1. The van der Waals surface area contributed by atoms with E-state index < -0.39 is 15.8 Å². The van der Waals surface area contributed by atoms with Gasteiger partial charge in [-0.1, -0.05) is 12.1 Å². The molecule has 2 aromatic carbocycles. The normalized spacial score (nSPS) is 15.7. The van der Waals surface area contributed by atoms with E-state index >= 15 is 0 Å². The van der Waals surface area contributed by atoms with E-state index in [1.165, 1.54) is 16.4 Å². The van der Waals surface area contributed by atoms with Crippen LogP contribution in [0.4, 0.5) is 10.1 Å². The largest absolute Gasteiger partial charge is 0.398 e. The van der Waals surface area contributed by atoms with E-state index in [9.17, 15) is 12.8 Å². The summed E-state index contributed by atoms with van der Waals surface area (Å²) in [6.07, 6.45) is 0.586. The van der Waals surface area contributed by atoms with E-state index in [2.05, 4.69) is 0 Å². The molecule has 0 aliphatic carbocycles. The summed E-state index contributed by atoms with van der Waals surface area (Å²) in [5, 5.41) is 0. The molecule has 0 saturated carbocycles. The predicted molar refractivity (Wildman–Crippen MR) is 78.6 cm³/mol. The molecule has 110 valence electrons. The quantitative estimate of drug-likeness (QED) is 0.865. The molecule has 6 heteroatoms. The second-order valence-corrected chi connectivity index (χ2v) is 6.97. The van der Waals surface area contributed by atoms with Gasteiger partial charge in [0.2, 0.25) is 10.0 Å². The molecule has 0 amide bonds. The van der Waals surface area contributed by atoms with Crippen molar-refractivity contribution in [2.24, 2.45) is 0 Å². The molecule has 0 aromatic heterocycles. The van der Waals surface area contributed by atoms with Crippen LogP contribution in [0, 0.1) is 5.82 Å². The van der Waals surface area contributed by atoms with Crippen molar-refractivity contribution in [2.45, 2.75) is 17.9 Å². The van der Waals surface area contributed by atoms with Crippen LogP contribution in [-0.2, 0) is 23.0 Å². The zero-order chi connectivity index (χ0) is 15.0. The molecule has 0 spiro atoms. The van der Waals surface area contributed by atoms with Gasteiger partial charge in [0.05, 0.1) is 4.90 Å². The summed E-state index contributed by atoms with van der Waals surface area (Å²) in [4.78, 5) is 0.108. The van der Waals surface area contributed by atoms with Crippen LogP contribution in [0.25, 0.3) is 0 Å². The van der Waals surface area contributed by atoms with Gasteiger partial charge in [-0.05, 0) is 47.9 Å². The first-order valence-corrected chi connectivity index (χ1v) is 8.04. The van der Waals surface area contributed by atoms with Gasteiger partial charge in [-0.25, -0.2) is 12.8 Å². The highest BCUT2D eigenvalue weighted by Crippen LogP contribution is 2.28. The van der Waals surface area contributed by atoms with Crippen LogP contribution in [-0.4, -0.2) is 19.3 Å². The lowest BCUT2D eigenvalue weighted by atomic mass is 9.99. The number of nitrogens with zero attached hydrogens (tertiary/aromatic N) is 1. The SMILES string of the molecule is Nc1cccc2c1CCN(S(=O)(=O)c1ccc(F)cc1)C2. The third kappa shape index (κ3) is 2.52. The Balaban J connectivity index is 1.93. The lowest BCUT2D eigenvalue weighted by Gasteiger charge is -2.28. The van der Waals surface area contributed by atoms with Gasteiger partial charge < -0.3 is 5.73 Å². The van der Waals surface area contributed by atoms with Crippen LogP contribution in [0.5, 0.6) is 0 Å². The lowest BCUT2D eigenvalue weighted by Crippen LogP contribution is -2.36. The predicted octanol–water partition coefficient (Wildman–Crippen LogP) is 2.15. The fraction of sp³-hybridized carbons (Fsp3) is 0.200. The van der Waals surface area contributed by atoms with Gasteiger partial charge in [0, 0.05) is 18.8 Å². The summed E-state index contributed by atoms with van der Waals surface area (Å²) in [7, 11) is -3.61. The Morgan fingerprint density at radius 1 is 1.10 bits per heavy atom. The molecular formula is C15H15FN2O2S. The molecule has 0 unspecified atom stereocenters. The number of halogens is 1. The minimum Gasteiger partial charge on any atom is -0.398 e. The standard InChI is InChI=1S/C15H15FN2O2S/c16-12-4-6-13(7-5-12)21(19,20)18-9-8-14-11(10-18)2-1-3-15(14)17/h1-7H,8-10,17H2. The molecule has 1 aliphatic heterocycles. The third-order valence-electron chi connectivity index (χ3n) is 3.72. The highest BCUT2D eigenvalue weighted by molar-refractivity contribution is 7.89. The minimum absolute atomic E-state index is 0.108. The zero-order valence-corrected chi connectivity index (χ0v) is 12.1. The van der Waals surface area contributed by atoms with Crippen LogP contribution in [0.1, 0.15) is 11.1 Å². The van der Waals surface area contributed by atoms with Gasteiger partial charge in [0.15, 0.2) is 0 Å². The van der Waals surface area contributed by atoms with Crippen molar-refractivity contribution in [3.63, 3.8) is 0 Å². The van der Waals surface area contributed by atoms with Crippen LogP contribution >= 0.6 is 0 Å². The Bertz CT molecular complexity index is 773. The Morgan fingerprint density at radius 2 is 1.81 bits per heavy atom. The van der Waals surface area contributed by atoms with Crippen LogP contribution in [0.15, 0.2) is 47.4 Å². The van der Waals surface area contributed by atoms with E-state index in [1.807, 2.05) is 18.2 Å². The molecule has 2 N–H and O–H groups in total. The van der Waals surface area contributed by atoms with Crippen molar-refractivity contribution >= 4 is 15.7 Å². The fourth-order valence-electron chi connectivity index (χ4n) is 2.57. The number of fused-ring (bicyclic) bond motifs is 1. The molecular weight excluding hydrogens is 291 g/mol. The average Bonchev–Trinajstić information content (AvgIpc) is 2.47. The maximum atomic E-state index is 12.9. The number of anilines is 1. The second-order valence-electron chi connectivity index (χ2n) is 5.03. The van der Waals surface area contributed by atoms with Crippen LogP contribution in [0.3, 0.4) is 0 Å². The molecule has 4 nitrogen and oxygen atoms in total. The highest BCUT2D eigenvalue weighted by atomic mass is 32.2. The maximum Gasteiger partial charge on any atom is 0.243 e. The first-order chi connectivity index (χ1) is 9.98. The highest BCUT2D eigenvalue weighted by Gasteiger charge is 2.28. The molecule has 2 aromatic rings. The number of hydrogen-bond donors (Lipinski definition) is 1. The summed E-state index contributed by atoms with van der Waals surface area (Å²) >= 11 is 0. The van der Waals surface area contributed by atoms with Crippen molar-refractivity contribution in [1.82, 2.24) is 4.31 Å². The van der Waals surface area contributed by atoms with Gasteiger partial charge in [-0.2, -0.15) is 4.31 Å². The fourth-order valence-corrected chi connectivity index (χ4v) is 3.99. The number of sulfonamides is 1. The molecule has 1 heterocycles. The number of benzene rings is 2. The van der Waals surface area contributed by atoms with Crippen LogP contribution < -0.4 is 5.73 Å². The number of rotatable bonds is 2. The van der Waals surface area contributed by atoms with E-state index in [-0.39, 0.29) is 4.90 Å². The molecule has 0 saturated heterocycles. The molecule has 3 rings (SSSR count). The van der Waals surface area contributed by atoms with E-state index in [4.69, 9.17) is 5.73 Å². The molecule has 1 aliphatic rings. The Hall–Kier alpha value is -1.92. The zero-order valence-electron chi connectivity index (χ0n) is 11.3. The summed E-state index contributed by atoms with van der Waals surface area (Å²) in [5.41, 5.74) is 8.55. The Morgan fingerprint density at radius 3 is 2.52 bits per heavy atom. The van der Waals surface area contributed by atoms with Crippen LogP contribution in [0.2, 0.25) is 0 Å². The average molecular weight is 306 g/mol. The van der Waals surface area contributed by atoms with Crippen molar-refractivity contribution in [1.29, 1.82) is 0 Å². The van der Waals surface area contributed by atoms with Crippen molar-refractivity contribution in [3.05, 3.63) is 59.4 Å². The molecule has 0 fully saturated rings. The van der Waals surface area contributed by atoms with Gasteiger partial charge in [0.25, 0.3) is 0 Å². The van der Waals surface area contributed by atoms with Crippen molar-refractivity contribution in [2.75, 3.05) is 12.3 Å². The first kappa shape index (κ1) is 14.0. The minimum atomic E-state index is -3.61. The molecule has 21 heavy (non-hydrogen) atoms. The Kier molecular flexibility index (Phi) is 3.43.